The Kier molecular flexibility index (Phi) is 37.4. The van der Waals surface area contributed by atoms with Crippen LogP contribution in [0.5, 0.6) is 0 Å². The number of carbonyl (C=O) groups excluding carboxylic acids is 6. The molecule has 24 heteroatoms. The molecule has 18 nitrogen and oxygen atoms in total. The van der Waals surface area contributed by atoms with Crippen LogP contribution < -0.4 is 37.6 Å². The second-order valence-corrected chi connectivity index (χ2v) is 31.6. The van der Waals surface area contributed by atoms with E-state index in [1.54, 1.807) is 54.6 Å². The number of amides is 6. The van der Waals surface area contributed by atoms with Crippen LogP contribution in [0, 0.1) is 35.5 Å². The van der Waals surface area contributed by atoms with E-state index in [1.807, 2.05) is 4.90 Å². The molecule has 0 radical (unpaired) electrons. The molecule has 9 atom stereocenters. The number of rotatable bonds is 29. The number of piperidine rings is 2. The summed E-state index contributed by atoms with van der Waals surface area (Å²) in [5.74, 6) is 2.99. The largest absolute Gasteiger partial charge is 0.350 e. The highest BCUT2D eigenvalue weighted by Gasteiger charge is 2.36. The highest BCUT2D eigenvalue weighted by atomic mass is 35.5. The zero-order valence-electron chi connectivity index (χ0n) is 61.1. The van der Waals surface area contributed by atoms with Crippen LogP contribution in [0.1, 0.15) is 190 Å². The summed E-state index contributed by atoms with van der Waals surface area (Å²) in [6.07, 6.45) is 15.3. The Hall–Kier alpha value is -4.02. The maximum atomic E-state index is 13.6. The molecule has 0 saturated carbocycles. The number of nitrogens with one attached hydrogen (secondary N) is 6. The topological polar surface area (TPSA) is 217 Å². The molecule has 0 bridgehead atoms. The van der Waals surface area contributed by atoms with E-state index < -0.39 is 0 Å². The molecule has 5 heterocycles. The van der Waals surface area contributed by atoms with Gasteiger partial charge in [0.15, 0.2) is 0 Å². The summed E-state index contributed by atoms with van der Waals surface area (Å²) in [5, 5.41) is 21.9. The van der Waals surface area contributed by atoms with Gasteiger partial charge in [-0.2, -0.15) is 0 Å². The van der Waals surface area contributed by atoms with E-state index in [0.29, 0.717) is 135 Å². The summed E-state index contributed by atoms with van der Waals surface area (Å²) in [5.41, 5.74) is 7.18. The lowest BCUT2D eigenvalue weighted by molar-refractivity contribution is -0.134. The molecule has 5 aliphatic heterocycles. The maximum absolute atomic E-state index is 13.6. The third-order valence-electron chi connectivity index (χ3n) is 21.0. The minimum atomic E-state index is -0.325. The Morgan fingerprint density at radius 3 is 0.960 bits per heavy atom. The number of likely N-dealkylation sites (tertiary alicyclic amines) is 2. The van der Waals surface area contributed by atoms with Gasteiger partial charge >= 0.3 is 0 Å². The van der Waals surface area contributed by atoms with Crippen LogP contribution in [0.4, 0.5) is 0 Å². The molecule has 3 aromatic rings. The maximum Gasteiger partial charge on any atom is 0.251 e. The SMILES string of the molecule is CC[C@@H](CN1CC[C@@H](CNC(=O)c2ccc(Cl)c(Cl)c2)N[C@@H](CCN2CCCCC2)C1=O)C(C)C.CC[C@H](CN1CC[C@@H](CNC(=O)c2ccc(Cl)c(Cl)c2)N[C@@H](CCN)C1=O)C(C)C.CC[C@H](CN1CC[C@@H](CNC(=O)c2ccc(Cl)c(Cl)c2)N[C@@H](CCN2CCCCC2)C1=O)C(C)C. The van der Waals surface area contributed by atoms with E-state index >= 15 is 0 Å². The van der Waals surface area contributed by atoms with E-state index in [0.717, 1.165) is 110 Å². The number of halogens is 6. The van der Waals surface area contributed by atoms with Crippen LogP contribution in [-0.4, -0.2) is 201 Å². The number of carbonyl (C=O) groups is 6. The summed E-state index contributed by atoms with van der Waals surface area (Å²) in [7, 11) is 0. The zero-order chi connectivity index (χ0) is 73.0. The van der Waals surface area contributed by atoms with Crippen molar-refractivity contribution in [3.05, 3.63) is 101 Å². The average molecular weight is 1510 g/mol. The highest BCUT2D eigenvalue weighted by molar-refractivity contribution is 6.43. The van der Waals surface area contributed by atoms with Gasteiger partial charge in [0, 0.05) is 107 Å². The fourth-order valence-electron chi connectivity index (χ4n) is 14.2. The Labute approximate surface area is 628 Å². The molecule has 0 aliphatic carbocycles. The Morgan fingerprint density at radius 1 is 0.430 bits per heavy atom. The third-order valence-corrected chi connectivity index (χ3v) is 23.3. The van der Waals surface area contributed by atoms with Gasteiger partial charge in [-0.3, -0.25) is 28.8 Å². The van der Waals surface area contributed by atoms with Gasteiger partial charge < -0.3 is 62.1 Å². The van der Waals surface area contributed by atoms with Crippen LogP contribution >= 0.6 is 69.6 Å². The fourth-order valence-corrected chi connectivity index (χ4v) is 15.1. The first-order chi connectivity index (χ1) is 47.8. The molecular weight excluding hydrogens is 1390 g/mol. The van der Waals surface area contributed by atoms with Gasteiger partial charge in [0.2, 0.25) is 17.7 Å². The smallest absolute Gasteiger partial charge is 0.251 e. The molecule has 5 saturated heterocycles. The van der Waals surface area contributed by atoms with Crippen molar-refractivity contribution in [2.24, 2.45) is 41.2 Å². The van der Waals surface area contributed by atoms with Crippen LogP contribution in [0.3, 0.4) is 0 Å². The van der Waals surface area contributed by atoms with Gasteiger partial charge in [-0.25, -0.2) is 0 Å². The monoisotopic (exact) mass is 1500 g/mol. The second kappa shape index (κ2) is 44.1. The number of nitrogens with two attached hydrogens (primary N) is 1. The lowest BCUT2D eigenvalue weighted by Crippen LogP contribution is -2.50. The number of benzene rings is 3. The van der Waals surface area contributed by atoms with Crippen molar-refractivity contribution in [3.63, 3.8) is 0 Å². The molecule has 100 heavy (non-hydrogen) atoms. The fraction of sp³-hybridized carbons (Fsp3) is 0.684. The second-order valence-electron chi connectivity index (χ2n) is 29.2. The molecule has 0 spiro atoms. The minimum absolute atomic E-state index is 0.0126. The lowest BCUT2D eigenvalue weighted by Gasteiger charge is -2.31. The normalized spacial score (nSPS) is 22.2. The van der Waals surface area contributed by atoms with E-state index in [1.165, 1.54) is 38.5 Å². The van der Waals surface area contributed by atoms with Crippen LogP contribution in [0.2, 0.25) is 30.1 Å². The van der Waals surface area contributed by atoms with Gasteiger partial charge in [-0.05, 0) is 187 Å². The van der Waals surface area contributed by atoms with E-state index in [9.17, 15) is 28.8 Å². The van der Waals surface area contributed by atoms with Gasteiger partial charge in [0.1, 0.15) is 0 Å². The van der Waals surface area contributed by atoms with E-state index in [-0.39, 0.29) is 71.7 Å². The zero-order valence-corrected chi connectivity index (χ0v) is 65.6. The summed E-state index contributed by atoms with van der Waals surface area (Å²) < 4.78 is 0. The van der Waals surface area contributed by atoms with Gasteiger partial charge in [-0.15, -0.1) is 0 Å². The van der Waals surface area contributed by atoms with Crippen LogP contribution in [0.15, 0.2) is 54.6 Å². The highest BCUT2D eigenvalue weighted by Crippen LogP contribution is 2.28. The van der Waals surface area contributed by atoms with E-state index in [2.05, 4.69) is 114 Å². The Morgan fingerprint density at radius 2 is 0.710 bits per heavy atom. The van der Waals surface area contributed by atoms with Crippen molar-refractivity contribution in [1.82, 2.24) is 56.4 Å². The standard InChI is InChI=1S/2C27H42Cl2N4O2.C22H34Cl2N4O2/c2*1-4-20(19(2)3)18-33-15-10-22(17-30-26(34)21-8-9-23(28)24(29)16-21)31-25(27(33)35)11-14-32-12-6-5-7-13-32;1-4-15(14(2)3)13-28-10-8-17(27-20(7-9-25)22(28)30)12-26-21(29)16-5-6-18(23)19(24)11-16/h2*8-9,16,19-20,22,25,31H,4-7,10-15,17-18H2,1-3H3,(H,30,34);5-6,11,14-15,17,20,27H,4,7-10,12-13,25H2,1-3H3,(H,26,29)/t20-,22+,25+;20-,22-,25-;15-,17+,20+/m101/s1. The molecule has 0 unspecified atom stereocenters. The molecule has 3 aromatic carbocycles. The molecule has 8 N–H and O–H groups in total. The van der Waals surface area contributed by atoms with Crippen molar-refractivity contribution < 1.29 is 28.8 Å². The molecular formula is C76H118Cl6N12O6. The molecule has 0 aromatic heterocycles. The van der Waals surface area contributed by atoms with E-state index in [4.69, 9.17) is 75.3 Å². The van der Waals surface area contributed by atoms with Crippen molar-refractivity contribution in [2.75, 3.05) is 105 Å². The summed E-state index contributed by atoms with van der Waals surface area (Å²) in [4.78, 5) is 89.3. The predicted octanol–water partition coefficient (Wildman–Crippen LogP) is 13.0. The Balaban J connectivity index is 0.000000237. The molecule has 8 rings (SSSR count). The molecule has 5 fully saturated rings. The van der Waals surface area contributed by atoms with Crippen molar-refractivity contribution in [3.8, 4) is 0 Å². The van der Waals surface area contributed by atoms with Gasteiger partial charge in [-0.1, -0.05) is 164 Å². The minimum Gasteiger partial charge on any atom is -0.350 e. The average Bonchev–Trinajstić information content (AvgIpc) is 1.64. The lowest BCUT2D eigenvalue weighted by atomic mass is 9.92. The molecule has 5 aliphatic rings. The first-order valence-electron chi connectivity index (χ1n) is 37.3. The van der Waals surface area contributed by atoms with Gasteiger partial charge in [0.25, 0.3) is 17.7 Å². The predicted molar refractivity (Wildman–Crippen MR) is 411 cm³/mol. The first kappa shape index (κ1) is 84.9. The first-order valence-corrected chi connectivity index (χ1v) is 39.6. The number of nitrogens with zero attached hydrogens (tertiary/aromatic N) is 5. The summed E-state index contributed by atoms with van der Waals surface area (Å²) in [6.45, 7) is 32.5. The quantitative estimate of drug-likeness (QED) is 0.0346. The van der Waals surface area contributed by atoms with Crippen molar-refractivity contribution in [1.29, 1.82) is 0 Å². The Bertz CT molecular complexity index is 2910. The molecule has 6 amide bonds. The summed E-state index contributed by atoms with van der Waals surface area (Å²) >= 11 is 36.1. The number of hydrogen-bond donors (Lipinski definition) is 7. The summed E-state index contributed by atoms with van der Waals surface area (Å²) in [6, 6.07) is 13.9. The van der Waals surface area contributed by atoms with Crippen LogP contribution in [0.25, 0.3) is 0 Å². The van der Waals surface area contributed by atoms with Crippen molar-refractivity contribution in [2.45, 2.75) is 195 Å². The van der Waals surface area contributed by atoms with Crippen LogP contribution in [-0.2, 0) is 14.4 Å². The number of hydrogen-bond acceptors (Lipinski definition) is 12. The molecule has 560 valence electrons. The van der Waals surface area contributed by atoms with Crippen molar-refractivity contribution >= 4 is 105 Å². The van der Waals surface area contributed by atoms with Gasteiger partial charge in [0.05, 0.1) is 48.3 Å². The third kappa shape index (κ3) is 27.5.